The smallest absolute Gasteiger partial charge is 0.307 e. The van der Waals surface area contributed by atoms with E-state index in [2.05, 4.69) is 10.1 Å². The first kappa shape index (κ1) is 19.8. The Balaban J connectivity index is 1.71. The van der Waals surface area contributed by atoms with Gasteiger partial charge in [-0.25, -0.2) is 0 Å². The summed E-state index contributed by atoms with van der Waals surface area (Å²) in [6.45, 7) is 0.286. The first-order chi connectivity index (χ1) is 14.5. The van der Waals surface area contributed by atoms with Crippen LogP contribution in [0.1, 0.15) is 39.9 Å². The van der Waals surface area contributed by atoms with E-state index >= 15 is 0 Å². The highest BCUT2D eigenvalue weighted by molar-refractivity contribution is 6.01. The maximum atomic E-state index is 13.2. The number of fused-ring (bicyclic) bond motifs is 2. The molecule has 0 bridgehead atoms. The standard InChI is InChI=1S/C22H22N2O6/c1-24-20(13-7-8-16-17(11-13)30-12-29-16)19(21(26)23-10-9-18(25)28-2)14-5-3-4-6-15(14)22(24)27/h3-8,11,19-20H,9-10,12H2,1-2H3,(H,23,26)/t19-,20+/m0/s1. The summed E-state index contributed by atoms with van der Waals surface area (Å²) >= 11 is 0. The molecule has 0 saturated heterocycles. The Kier molecular flexibility index (Phi) is 5.31. The van der Waals surface area contributed by atoms with Crippen LogP contribution in [-0.4, -0.2) is 50.2 Å². The van der Waals surface area contributed by atoms with Crippen LogP contribution < -0.4 is 14.8 Å². The maximum Gasteiger partial charge on any atom is 0.307 e. The number of hydrogen-bond acceptors (Lipinski definition) is 6. The Labute approximate surface area is 173 Å². The summed E-state index contributed by atoms with van der Waals surface area (Å²) in [5, 5.41) is 2.81. The molecule has 2 aliphatic heterocycles. The van der Waals surface area contributed by atoms with Crippen molar-refractivity contribution in [2.45, 2.75) is 18.4 Å². The molecule has 0 aliphatic carbocycles. The van der Waals surface area contributed by atoms with Crippen molar-refractivity contribution in [1.29, 1.82) is 0 Å². The fourth-order valence-electron chi connectivity index (χ4n) is 3.97. The molecule has 0 spiro atoms. The summed E-state index contributed by atoms with van der Waals surface area (Å²) in [6.07, 6.45) is 0.0695. The Morgan fingerprint density at radius 2 is 1.93 bits per heavy atom. The van der Waals surface area contributed by atoms with Crippen LogP contribution in [0.2, 0.25) is 0 Å². The summed E-state index contributed by atoms with van der Waals surface area (Å²) in [5.74, 6) is -0.277. The number of nitrogens with zero attached hydrogens (tertiary/aromatic N) is 1. The van der Waals surface area contributed by atoms with Crippen LogP contribution in [0.3, 0.4) is 0 Å². The van der Waals surface area contributed by atoms with E-state index in [1.54, 1.807) is 42.3 Å². The number of nitrogens with one attached hydrogen (secondary N) is 1. The number of carbonyl (C=O) groups is 3. The van der Waals surface area contributed by atoms with E-state index in [1.807, 2.05) is 12.1 Å². The molecule has 2 atom stereocenters. The summed E-state index contributed by atoms with van der Waals surface area (Å²) < 4.78 is 15.5. The van der Waals surface area contributed by atoms with E-state index in [-0.39, 0.29) is 31.6 Å². The molecule has 8 nitrogen and oxygen atoms in total. The largest absolute Gasteiger partial charge is 0.469 e. The number of esters is 1. The van der Waals surface area contributed by atoms with Gasteiger partial charge < -0.3 is 24.4 Å². The van der Waals surface area contributed by atoms with E-state index in [0.717, 1.165) is 5.56 Å². The second kappa shape index (κ2) is 8.06. The Hall–Kier alpha value is -3.55. The van der Waals surface area contributed by atoms with E-state index in [1.165, 1.54) is 7.11 Å². The summed E-state index contributed by atoms with van der Waals surface area (Å²) in [6, 6.07) is 12.0. The predicted molar refractivity (Wildman–Crippen MR) is 106 cm³/mol. The van der Waals surface area contributed by atoms with Gasteiger partial charge in [-0.05, 0) is 29.3 Å². The third kappa shape index (κ3) is 3.45. The number of hydrogen-bond donors (Lipinski definition) is 1. The number of likely N-dealkylation sites (N-methyl/N-ethyl adjacent to an activating group) is 1. The lowest BCUT2D eigenvalue weighted by Crippen LogP contribution is -2.45. The number of methoxy groups -OCH3 is 1. The molecule has 1 N–H and O–H groups in total. The highest BCUT2D eigenvalue weighted by Gasteiger charge is 2.42. The quantitative estimate of drug-likeness (QED) is 0.758. The fourth-order valence-corrected chi connectivity index (χ4v) is 3.97. The van der Waals surface area contributed by atoms with Gasteiger partial charge in [0.05, 0.1) is 25.5 Å². The minimum Gasteiger partial charge on any atom is -0.469 e. The number of ether oxygens (including phenoxy) is 3. The van der Waals surface area contributed by atoms with Crippen molar-refractivity contribution >= 4 is 17.8 Å². The van der Waals surface area contributed by atoms with Crippen molar-refractivity contribution in [3.8, 4) is 11.5 Å². The van der Waals surface area contributed by atoms with Gasteiger partial charge in [0.2, 0.25) is 12.7 Å². The van der Waals surface area contributed by atoms with Gasteiger partial charge in [-0.1, -0.05) is 24.3 Å². The fraction of sp³-hybridized carbons (Fsp3) is 0.318. The van der Waals surface area contributed by atoms with Crippen LogP contribution >= 0.6 is 0 Å². The van der Waals surface area contributed by atoms with Gasteiger partial charge in [-0.3, -0.25) is 14.4 Å². The lowest BCUT2D eigenvalue weighted by atomic mass is 9.79. The molecule has 4 rings (SSSR count). The molecule has 0 fully saturated rings. The Bertz CT molecular complexity index is 1000. The molecular weight excluding hydrogens is 388 g/mol. The van der Waals surface area contributed by atoms with Crippen molar-refractivity contribution in [2.24, 2.45) is 0 Å². The van der Waals surface area contributed by atoms with Gasteiger partial charge in [-0.15, -0.1) is 0 Å². The maximum absolute atomic E-state index is 13.2. The SMILES string of the molecule is COC(=O)CCNC(=O)[C@H]1c2ccccc2C(=O)N(C)[C@@H]1c1ccc2c(c1)OCO2. The monoisotopic (exact) mass is 410 g/mol. The van der Waals surface area contributed by atoms with Crippen molar-refractivity contribution in [2.75, 3.05) is 27.5 Å². The minimum absolute atomic E-state index is 0.0695. The average molecular weight is 410 g/mol. The molecule has 0 radical (unpaired) electrons. The van der Waals surface area contributed by atoms with Crippen LogP contribution in [0, 0.1) is 0 Å². The molecule has 2 aliphatic rings. The second-order valence-corrected chi connectivity index (χ2v) is 7.16. The minimum atomic E-state index is -0.651. The van der Waals surface area contributed by atoms with Gasteiger partial charge in [0, 0.05) is 19.2 Å². The number of amides is 2. The Morgan fingerprint density at radius 3 is 2.73 bits per heavy atom. The van der Waals surface area contributed by atoms with Crippen molar-refractivity contribution in [3.63, 3.8) is 0 Å². The van der Waals surface area contributed by atoms with Gasteiger partial charge in [0.25, 0.3) is 5.91 Å². The highest BCUT2D eigenvalue weighted by atomic mass is 16.7. The van der Waals surface area contributed by atoms with E-state index in [9.17, 15) is 14.4 Å². The molecule has 2 amide bonds. The molecule has 8 heteroatoms. The molecule has 30 heavy (non-hydrogen) atoms. The van der Waals surface area contributed by atoms with Gasteiger partial charge in [-0.2, -0.15) is 0 Å². The molecule has 2 aromatic rings. The highest BCUT2D eigenvalue weighted by Crippen LogP contribution is 2.44. The third-order valence-corrected chi connectivity index (χ3v) is 5.46. The Morgan fingerprint density at radius 1 is 1.17 bits per heavy atom. The molecular formula is C22H22N2O6. The number of carbonyl (C=O) groups excluding carboxylic acids is 3. The third-order valence-electron chi connectivity index (χ3n) is 5.46. The van der Waals surface area contributed by atoms with Crippen LogP contribution in [0.15, 0.2) is 42.5 Å². The topological polar surface area (TPSA) is 94.2 Å². The average Bonchev–Trinajstić information content (AvgIpc) is 3.23. The molecule has 156 valence electrons. The predicted octanol–water partition coefficient (Wildman–Crippen LogP) is 2.01. The van der Waals surface area contributed by atoms with Gasteiger partial charge in [0.15, 0.2) is 11.5 Å². The molecule has 2 heterocycles. The summed E-state index contributed by atoms with van der Waals surface area (Å²) in [4.78, 5) is 39.2. The van der Waals surface area contributed by atoms with Crippen molar-refractivity contribution in [3.05, 3.63) is 59.2 Å². The van der Waals surface area contributed by atoms with E-state index in [0.29, 0.717) is 22.6 Å². The molecule has 0 saturated carbocycles. The second-order valence-electron chi connectivity index (χ2n) is 7.16. The zero-order valence-electron chi connectivity index (χ0n) is 16.7. The lowest BCUT2D eigenvalue weighted by molar-refractivity contribution is -0.140. The number of benzene rings is 2. The lowest BCUT2D eigenvalue weighted by Gasteiger charge is -2.39. The van der Waals surface area contributed by atoms with Crippen molar-refractivity contribution in [1.82, 2.24) is 10.2 Å². The normalized spacial score (nSPS) is 19.3. The van der Waals surface area contributed by atoms with E-state index in [4.69, 9.17) is 9.47 Å². The molecule has 0 unspecified atom stereocenters. The van der Waals surface area contributed by atoms with E-state index < -0.39 is 17.9 Å². The first-order valence-corrected chi connectivity index (χ1v) is 9.61. The van der Waals surface area contributed by atoms with Crippen LogP contribution in [0.4, 0.5) is 0 Å². The van der Waals surface area contributed by atoms with Crippen LogP contribution in [0.5, 0.6) is 11.5 Å². The molecule has 2 aromatic carbocycles. The molecule has 0 aromatic heterocycles. The van der Waals surface area contributed by atoms with Crippen LogP contribution in [-0.2, 0) is 14.3 Å². The van der Waals surface area contributed by atoms with Crippen LogP contribution in [0.25, 0.3) is 0 Å². The zero-order chi connectivity index (χ0) is 21.3. The zero-order valence-corrected chi connectivity index (χ0v) is 16.7. The number of rotatable bonds is 5. The van der Waals surface area contributed by atoms with Gasteiger partial charge >= 0.3 is 5.97 Å². The first-order valence-electron chi connectivity index (χ1n) is 9.61. The van der Waals surface area contributed by atoms with Gasteiger partial charge in [0.1, 0.15) is 0 Å². The summed E-state index contributed by atoms with van der Waals surface area (Å²) in [5.41, 5.74) is 1.90. The summed E-state index contributed by atoms with van der Waals surface area (Å²) in [7, 11) is 2.99. The van der Waals surface area contributed by atoms with Crippen molar-refractivity contribution < 1.29 is 28.6 Å².